The van der Waals surface area contributed by atoms with Crippen LogP contribution in [0.3, 0.4) is 0 Å². The van der Waals surface area contributed by atoms with Crippen LogP contribution in [0.4, 0.5) is 0 Å². The van der Waals surface area contributed by atoms with Crippen molar-refractivity contribution in [2.24, 2.45) is 5.92 Å². The molecule has 0 radical (unpaired) electrons. The lowest BCUT2D eigenvalue weighted by molar-refractivity contribution is 0.0802. The van der Waals surface area contributed by atoms with Gasteiger partial charge in [0.15, 0.2) is 11.5 Å². The highest BCUT2D eigenvalue weighted by molar-refractivity contribution is 5.94. The van der Waals surface area contributed by atoms with Gasteiger partial charge >= 0.3 is 0 Å². The highest BCUT2D eigenvalue weighted by Gasteiger charge is 2.13. The first-order valence-corrected chi connectivity index (χ1v) is 7.05. The molecule has 0 fully saturated rings. The Morgan fingerprint density at radius 3 is 2.55 bits per heavy atom. The molecule has 0 unspecified atom stereocenters. The summed E-state index contributed by atoms with van der Waals surface area (Å²) in [6.45, 7) is 7.58. The topological polar surface area (TPSA) is 38.8 Å². The second kappa shape index (κ2) is 7.78. The van der Waals surface area contributed by atoms with Crippen LogP contribution in [-0.4, -0.2) is 38.1 Å². The van der Waals surface area contributed by atoms with Crippen LogP contribution in [-0.2, 0) is 0 Å². The Bertz CT molecular complexity index is 443. The molecule has 0 atom stereocenters. The smallest absolute Gasteiger partial charge is 0.253 e. The first-order chi connectivity index (χ1) is 9.49. The molecule has 0 bridgehead atoms. The summed E-state index contributed by atoms with van der Waals surface area (Å²) < 4.78 is 11.0. The van der Waals surface area contributed by atoms with Gasteiger partial charge in [0.25, 0.3) is 5.91 Å². The first kappa shape index (κ1) is 16.3. The molecule has 0 saturated heterocycles. The van der Waals surface area contributed by atoms with Crippen molar-refractivity contribution in [3.05, 3.63) is 23.8 Å². The van der Waals surface area contributed by atoms with Crippen molar-refractivity contribution in [3.8, 4) is 11.5 Å². The number of carbonyl (C=O) groups is 1. The number of carbonyl (C=O) groups excluding carboxylic acids is 1. The predicted molar refractivity (Wildman–Crippen MR) is 80.6 cm³/mol. The Morgan fingerprint density at radius 1 is 1.30 bits per heavy atom. The molecule has 1 amide bonds. The van der Waals surface area contributed by atoms with Gasteiger partial charge in [0.05, 0.1) is 13.7 Å². The van der Waals surface area contributed by atoms with Crippen LogP contribution in [0.2, 0.25) is 0 Å². The third-order valence-electron chi connectivity index (χ3n) is 3.18. The lowest BCUT2D eigenvalue weighted by atomic mass is 10.1. The molecule has 0 heterocycles. The second-order valence-corrected chi connectivity index (χ2v) is 5.22. The Labute approximate surface area is 121 Å². The summed E-state index contributed by atoms with van der Waals surface area (Å²) >= 11 is 0. The van der Waals surface area contributed by atoms with E-state index in [-0.39, 0.29) is 5.91 Å². The zero-order valence-electron chi connectivity index (χ0n) is 13.1. The van der Waals surface area contributed by atoms with Crippen molar-refractivity contribution in [1.29, 1.82) is 0 Å². The summed E-state index contributed by atoms with van der Waals surface area (Å²) in [5, 5.41) is 0. The highest BCUT2D eigenvalue weighted by Crippen LogP contribution is 2.28. The molecule has 112 valence electrons. The van der Waals surface area contributed by atoms with E-state index in [1.165, 1.54) is 0 Å². The van der Waals surface area contributed by atoms with Gasteiger partial charge in [-0.25, -0.2) is 0 Å². The van der Waals surface area contributed by atoms with E-state index in [2.05, 4.69) is 13.8 Å². The molecule has 4 heteroatoms. The van der Waals surface area contributed by atoms with Crippen LogP contribution in [0.1, 0.15) is 37.6 Å². The van der Waals surface area contributed by atoms with Gasteiger partial charge in [0, 0.05) is 19.2 Å². The zero-order chi connectivity index (χ0) is 15.1. The largest absolute Gasteiger partial charge is 0.493 e. The molecular formula is C16H25NO3. The van der Waals surface area contributed by atoms with E-state index in [1.807, 2.05) is 6.92 Å². The number of hydrogen-bond acceptors (Lipinski definition) is 3. The SMILES string of the molecule is CCN(C)C(=O)c1ccc(OCCC(C)C)c(OC)c1. The molecule has 20 heavy (non-hydrogen) atoms. The molecule has 1 aromatic carbocycles. The summed E-state index contributed by atoms with van der Waals surface area (Å²) in [5.41, 5.74) is 0.613. The summed E-state index contributed by atoms with van der Waals surface area (Å²) in [7, 11) is 3.37. The summed E-state index contributed by atoms with van der Waals surface area (Å²) in [4.78, 5) is 13.7. The number of ether oxygens (including phenoxy) is 2. The van der Waals surface area contributed by atoms with Gasteiger partial charge in [-0.1, -0.05) is 13.8 Å². The minimum atomic E-state index is -0.0143. The standard InChI is InChI=1S/C16H25NO3/c1-6-17(4)16(18)13-7-8-14(15(11-13)19-5)20-10-9-12(2)3/h7-8,11-12H,6,9-10H2,1-5H3. The van der Waals surface area contributed by atoms with Crippen molar-refractivity contribution in [2.75, 3.05) is 27.3 Å². The Balaban J connectivity index is 2.82. The Morgan fingerprint density at radius 2 is 2.00 bits per heavy atom. The van der Waals surface area contributed by atoms with Crippen LogP contribution >= 0.6 is 0 Å². The molecule has 0 aliphatic carbocycles. The van der Waals surface area contributed by atoms with E-state index < -0.39 is 0 Å². The lowest BCUT2D eigenvalue weighted by Gasteiger charge is -2.16. The molecule has 0 N–H and O–H groups in total. The van der Waals surface area contributed by atoms with E-state index in [0.717, 1.165) is 6.42 Å². The van der Waals surface area contributed by atoms with Crippen molar-refractivity contribution < 1.29 is 14.3 Å². The van der Waals surface area contributed by atoms with Gasteiger partial charge < -0.3 is 14.4 Å². The van der Waals surface area contributed by atoms with Crippen molar-refractivity contribution in [1.82, 2.24) is 4.90 Å². The third kappa shape index (κ3) is 4.44. The molecule has 0 aliphatic rings. The van der Waals surface area contributed by atoms with E-state index in [4.69, 9.17) is 9.47 Å². The number of methoxy groups -OCH3 is 1. The fourth-order valence-electron chi connectivity index (χ4n) is 1.69. The molecule has 1 aromatic rings. The van der Waals surface area contributed by atoms with E-state index in [0.29, 0.717) is 36.1 Å². The quantitative estimate of drug-likeness (QED) is 0.769. The lowest BCUT2D eigenvalue weighted by Crippen LogP contribution is -2.26. The highest BCUT2D eigenvalue weighted by atomic mass is 16.5. The number of nitrogens with zero attached hydrogens (tertiary/aromatic N) is 1. The average Bonchev–Trinajstić information content (AvgIpc) is 2.45. The van der Waals surface area contributed by atoms with E-state index in [1.54, 1.807) is 37.3 Å². The van der Waals surface area contributed by atoms with Gasteiger partial charge in [-0.3, -0.25) is 4.79 Å². The van der Waals surface area contributed by atoms with E-state index in [9.17, 15) is 4.79 Å². The van der Waals surface area contributed by atoms with Gasteiger partial charge in [-0.05, 0) is 37.5 Å². The maximum atomic E-state index is 12.1. The normalized spacial score (nSPS) is 10.5. The van der Waals surface area contributed by atoms with Gasteiger partial charge in [-0.2, -0.15) is 0 Å². The molecule has 0 spiro atoms. The number of benzene rings is 1. The average molecular weight is 279 g/mol. The maximum Gasteiger partial charge on any atom is 0.253 e. The molecule has 0 aliphatic heterocycles. The monoisotopic (exact) mass is 279 g/mol. The second-order valence-electron chi connectivity index (χ2n) is 5.22. The minimum absolute atomic E-state index is 0.0143. The number of hydrogen-bond donors (Lipinski definition) is 0. The van der Waals surface area contributed by atoms with Crippen molar-refractivity contribution in [3.63, 3.8) is 0 Å². The maximum absolute atomic E-state index is 12.1. The number of amides is 1. The van der Waals surface area contributed by atoms with Crippen LogP contribution < -0.4 is 9.47 Å². The summed E-state index contributed by atoms with van der Waals surface area (Å²) in [6.07, 6.45) is 0.989. The molecule has 4 nitrogen and oxygen atoms in total. The van der Waals surface area contributed by atoms with Crippen molar-refractivity contribution >= 4 is 5.91 Å². The molecule has 0 aromatic heterocycles. The van der Waals surface area contributed by atoms with Crippen LogP contribution in [0.25, 0.3) is 0 Å². The fraction of sp³-hybridized carbons (Fsp3) is 0.562. The first-order valence-electron chi connectivity index (χ1n) is 7.05. The Hall–Kier alpha value is -1.71. The minimum Gasteiger partial charge on any atom is -0.493 e. The summed E-state index contributed by atoms with van der Waals surface area (Å²) in [6, 6.07) is 5.32. The van der Waals surface area contributed by atoms with Crippen LogP contribution in [0.15, 0.2) is 18.2 Å². The van der Waals surface area contributed by atoms with Gasteiger partial charge in [-0.15, -0.1) is 0 Å². The molecule has 1 rings (SSSR count). The number of rotatable bonds is 7. The van der Waals surface area contributed by atoms with Gasteiger partial charge in [0.2, 0.25) is 0 Å². The third-order valence-corrected chi connectivity index (χ3v) is 3.18. The Kier molecular flexibility index (Phi) is 6.36. The van der Waals surface area contributed by atoms with Crippen molar-refractivity contribution in [2.45, 2.75) is 27.2 Å². The molecule has 0 saturated carbocycles. The van der Waals surface area contributed by atoms with Crippen LogP contribution in [0.5, 0.6) is 11.5 Å². The van der Waals surface area contributed by atoms with Gasteiger partial charge in [0.1, 0.15) is 0 Å². The predicted octanol–water partition coefficient (Wildman–Crippen LogP) is 3.21. The molecular weight excluding hydrogens is 254 g/mol. The zero-order valence-corrected chi connectivity index (χ0v) is 13.1. The van der Waals surface area contributed by atoms with E-state index >= 15 is 0 Å². The fourth-order valence-corrected chi connectivity index (χ4v) is 1.69. The summed E-state index contributed by atoms with van der Waals surface area (Å²) in [5.74, 6) is 1.87. The van der Waals surface area contributed by atoms with Crippen LogP contribution in [0, 0.1) is 5.92 Å².